The van der Waals surface area contributed by atoms with Gasteiger partial charge < -0.3 is 19.3 Å². The average molecular weight is 386 g/mol. The molecule has 1 amide bonds. The van der Waals surface area contributed by atoms with Crippen LogP contribution in [0.5, 0.6) is 11.5 Å². The largest absolute Gasteiger partial charge is 0.497 e. The molecule has 0 aromatic heterocycles. The summed E-state index contributed by atoms with van der Waals surface area (Å²) in [7, 11) is 3.10. The Morgan fingerprint density at radius 3 is 2.36 bits per heavy atom. The predicted molar refractivity (Wildman–Crippen MR) is 103 cm³/mol. The number of nitro benzene ring substituents is 1. The third-order valence-corrected chi connectivity index (χ3v) is 5.00. The van der Waals surface area contributed by atoms with E-state index in [-0.39, 0.29) is 17.2 Å². The van der Waals surface area contributed by atoms with Gasteiger partial charge in [-0.1, -0.05) is 0 Å². The summed E-state index contributed by atoms with van der Waals surface area (Å²) in [4.78, 5) is 26.5. The number of hydrogen-bond donors (Lipinski definition) is 1. The summed E-state index contributed by atoms with van der Waals surface area (Å²) in [6, 6.07) is 12.1. The van der Waals surface area contributed by atoms with Gasteiger partial charge in [0.05, 0.1) is 50.9 Å². The first-order valence-corrected chi connectivity index (χ1v) is 9.10. The highest BCUT2D eigenvalue weighted by atomic mass is 16.6. The molecule has 1 fully saturated rings. The first kappa shape index (κ1) is 19.6. The van der Waals surface area contributed by atoms with Gasteiger partial charge in [0.1, 0.15) is 18.0 Å². The Labute approximate surface area is 163 Å². The first-order valence-electron chi connectivity index (χ1n) is 9.10. The number of nitro groups is 1. The number of non-ortho nitro benzene ring substituents is 1. The van der Waals surface area contributed by atoms with Gasteiger partial charge in [0.15, 0.2) is 0 Å². The number of carbonyl (C=O) groups is 1. The molecule has 8 heteroatoms. The highest BCUT2D eigenvalue weighted by molar-refractivity contribution is 5.97. The van der Waals surface area contributed by atoms with Crippen LogP contribution in [0.25, 0.3) is 0 Å². The summed E-state index contributed by atoms with van der Waals surface area (Å²) < 4.78 is 10.4. The molecule has 0 saturated carbocycles. The average Bonchev–Trinajstić information content (AvgIpc) is 2.73. The van der Waals surface area contributed by atoms with Gasteiger partial charge in [0, 0.05) is 17.7 Å². The van der Waals surface area contributed by atoms with E-state index >= 15 is 0 Å². The molecule has 3 rings (SSSR count). The molecule has 0 aliphatic carbocycles. The van der Waals surface area contributed by atoms with Gasteiger partial charge in [-0.15, -0.1) is 0 Å². The van der Waals surface area contributed by atoms with Gasteiger partial charge in [0.2, 0.25) is 0 Å². The molecule has 148 valence electrons. The molecule has 2 aromatic rings. The molecule has 0 bridgehead atoms. The van der Waals surface area contributed by atoms with E-state index in [0.29, 0.717) is 18.8 Å². The zero-order valence-electron chi connectivity index (χ0n) is 16.0. The molecule has 1 N–H and O–H groups in total. The Morgan fingerprint density at radius 2 is 1.79 bits per heavy atom. The van der Waals surface area contributed by atoms with Crippen molar-refractivity contribution in [2.75, 3.05) is 40.4 Å². The van der Waals surface area contributed by atoms with Crippen molar-refractivity contribution in [3.63, 3.8) is 0 Å². The molecule has 0 spiro atoms. The second-order valence-electron chi connectivity index (χ2n) is 6.71. The van der Waals surface area contributed by atoms with Crippen LogP contribution >= 0.6 is 0 Å². The van der Waals surface area contributed by atoms with Gasteiger partial charge in [0.25, 0.3) is 11.6 Å². The number of nitrogens with one attached hydrogen (secondary N) is 1. The minimum Gasteiger partial charge on any atom is -0.497 e. The number of benzene rings is 2. The lowest BCUT2D eigenvalue weighted by Crippen LogP contribution is -3.13. The van der Waals surface area contributed by atoms with Crippen LogP contribution in [0, 0.1) is 10.1 Å². The number of piperazine rings is 1. The molecule has 2 aromatic carbocycles. The molecule has 1 heterocycles. The van der Waals surface area contributed by atoms with E-state index in [0.717, 1.165) is 25.4 Å². The normalized spacial score (nSPS) is 14.6. The zero-order valence-corrected chi connectivity index (χ0v) is 16.0. The summed E-state index contributed by atoms with van der Waals surface area (Å²) in [5.41, 5.74) is 1.33. The zero-order chi connectivity index (χ0) is 20.1. The maximum Gasteiger partial charge on any atom is 0.270 e. The van der Waals surface area contributed by atoms with E-state index in [1.807, 2.05) is 12.1 Å². The van der Waals surface area contributed by atoms with Crippen LogP contribution in [0.15, 0.2) is 42.5 Å². The van der Waals surface area contributed by atoms with Crippen molar-refractivity contribution in [3.8, 4) is 11.5 Å². The molecule has 0 radical (unpaired) electrons. The van der Waals surface area contributed by atoms with E-state index in [1.165, 1.54) is 35.8 Å². The molecule has 0 unspecified atom stereocenters. The lowest BCUT2D eigenvalue weighted by atomic mass is 10.1. The molecule has 8 nitrogen and oxygen atoms in total. The number of amides is 1. The van der Waals surface area contributed by atoms with Crippen molar-refractivity contribution in [1.29, 1.82) is 0 Å². The minimum absolute atomic E-state index is 0.118. The summed E-state index contributed by atoms with van der Waals surface area (Å²) in [6.07, 6.45) is 0. The molecule has 1 aliphatic rings. The fraction of sp³-hybridized carbons (Fsp3) is 0.350. The Hall–Kier alpha value is -3.13. The van der Waals surface area contributed by atoms with Crippen molar-refractivity contribution in [2.45, 2.75) is 6.54 Å². The summed E-state index contributed by atoms with van der Waals surface area (Å²) in [5.74, 6) is 0.952. The monoisotopic (exact) mass is 386 g/mol. The lowest BCUT2D eigenvalue weighted by molar-refractivity contribution is -0.917. The van der Waals surface area contributed by atoms with Crippen LogP contribution in [-0.2, 0) is 6.54 Å². The molecule has 1 saturated heterocycles. The number of carbonyl (C=O) groups excluding carboxylic acids is 1. The van der Waals surface area contributed by atoms with E-state index in [2.05, 4.69) is 12.1 Å². The quantitative estimate of drug-likeness (QED) is 0.595. The SMILES string of the molecule is COc1ccc(C[NH+]2CCN(C(=O)c3cc([N+](=O)[O-])ccc3OC)CC2)cc1. The number of methoxy groups -OCH3 is 2. The molecular weight excluding hydrogens is 362 g/mol. The fourth-order valence-electron chi connectivity index (χ4n) is 3.38. The van der Waals surface area contributed by atoms with Crippen LogP contribution in [0.3, 0.4) is 0 Å². The number of ether oxygens (including phenoxy) is 2. The van der Waals surface area contributed by atoms with Crippen LogP contribution in [-0.4, -0.2) is 56.1 Å². The van der Waals surface area contributed by atoms with Crippen LogP contribution < -0.4 is 14.4 Å². The summed E-state index contributed by atoms with van der Waals surface area (Å²) in [5, 5.41) is 11.0. The maximum absolute atomic E-state index is 12.9. The van der Waals surface area contributed by atoms with Crippen molar-refractivity contribution in [3.05, 3.63) is 63.7 Å². The molecule has 28 heavy (non-hydrogen) atoms. The third kappa shape index (κ3) is 4.40. The second kappa shape index (κ2) is 8.71. The topological polar surface area (TPSA) is 86.4 Å². The van der Waals surface area contributed by atoms with Crippen LogP contribution in [0.2, 0.25) is 0 Å². The fourth-order valence-corrected chi connectivity index (χ4v) is 3.38. The van der Waals surface area contributed by atoms with Crippen molar-refractivity contribution in [1.82, 2.24) is 4.90 Å². The van der Waals surface area contributed by atoms with E-state index in [1.54, 1.807) is 12.0 Å². The molecule has 0 atom stereocenters. The molecular formula is C20H24N3O5+. The smallest absolute Gasteiger partial charge is 0.270 e. The standard InChI is InChI=1S/C20H23N3O5/c1-27-17-6-3-15(4-7-17)14-21-9-11-22(12-10-21)20(24)18-13-16(23(25)26)5-8-19(18)28-2/h3-8,13H,9-12,14H2,1-2H3/p+1. The van der Waals surface area contributed by atoms with E-state index in [4.69, 9.17) is 9.47 Å². The Balaban J connectivity index is 1.63. The second-order valence-corrected chi connectivity index (χ2v) is 6.71. The van der Waals surface area contributed by atoms with Crippen LogP contribution in [0.1, 0.15) is 15.9 Å². The number of quaternary nitrogens is 1. The summed E-state index contributed by atoms with van der Waals surface area (Å²) >= 11 is 0. The van der Waals surface area contributed by atoms with Gasteiger partial charge in [-0.25, -0.2) is 0 Å². The van der Waals surface area contributed by atoms with Gasteiger partial charge in [-0.3, -0.25) is 14.9 Å². The number of hydrogen-bond acceptors (Lipinski definition) is 5. The number of rotatable bonds is 6. The first-order chi connectivity index (χ1) is 13.5. The van der Waals surface area contributed by atoms with E-state index in [9.17, 15) is 14.9 Å². The highest BCUT2D eigenvalue weighted by Crippen LogP contribution is 2.25. The highest BCUT2D eigenvalue weighted by Gasteiger charge is 2.27. The van der Waals surface area contributed by atoms with Crippen LogP contribution in [0.4, 0.5) is 5.69 Å². The van der Waals surface area contributed by atoms with Gasteiger partial charge in [-0.05, 0) is 30.3 Å². The van der Waals surface area contributed by atoms with Gasteiger partial charge >= 0.3 is 0 Å². The van der Waals surface area contributed by atoms with Gasteiger partial charge in [-0.2, -0.15) is 0 Å². The molecule has 1 aliphatic heterocycles. The van der Waals surface area contributed by atoms with E-state index < -0.39 is 4.92 Å². The van der Waals surface area contributed by atoms with Crippen molar-refractivity contribution < 1.29 is 24.1 Å². The Kier molecular flexibility index (Phi) is 6.10. The Morgan fingerprint density at radius 1 is 1.11 bits per heavy atom. The lowest BCUT2D eigenvalue weighted by Gasteiger charge is -2.32. The third-order valence-electron chi connectivity index (χ3n) is 5.00. The van der Waals surface area contributed by atoms with Crippen molar-refractivity contribution >= 4 is 11.6 Å². The minimum atomic E-state index is -0.507. The number of nitrogens with zero attached hydrogens (tertiary/aromatic N) is 2. The van der Waals surface area contributed by atoms with Crippen molar-refractivity contribution in [2.24, 2.45) is 0 Å². The Bertz CT molecular complexity index is 845. The predicted octanol–water partition coefficient (Wildman–Crippen LogP) is 1.15. The summed E-state index contributed by atoms with van der Waals surface area (Å²) in [6.45, 7) is 3.70. The maximum atomic E-state index is 12.9.